The van der Waals surface area contributed by atoms with E-state index in [-0.39, 0.29) is 30.7 Å². The maximum atomic E-state index is 13.0. The number of Topliss-reactive ketones (excluding diaryl/α,β-unsaturated/α-hetero) is 1. The van der Waals surface area contributed by atoms with Crippen LogP contribution in [0.5, 0.6) is 0 Å². The topological polar surface area (TPSA) is 183 Å². The first kappa shape index (κ1) is 34.4. The van der Waals surface area contributed by atoms with Crippen LogP contribution >= 0.6 is 0 Å². The van der Waals surface area contributed by atoms with Gasteiger partial charge in [0.15, 0.2) is 5.78 Å². The number of carbonyl (C=O) groups excluding carboxylic acids is 4. The predicted molar refractivity (Wildman–Crippen MR) is 142 cm³/mol. The molecular weight excluding hydrogens is 480 g/mol. The molecular formula is C25H48N6O6. The summed E-state index contributed by atoms with van der Waals surface area (Å²) in [6.45, 7) is 10.2. The second-order valence-corrected chi connectivity index (χ2v) is 9.98. The van der Waals surface area contributed by atoms with Gasteiger partial charge in [0.2, 0.25) is 17.7 Å². The molecule has 0 aliphatic rings. The number of hydrogen-bond acceptors (Lipinski definition) is 8. The Labute approximate surface area is 220 Å². The van der Waals surface area contributed by atoms with Crippen molar-refractivity contribution in [2.24, 2.45) is 5.73 Å². The Kier molecular flexibility index (Phi) is 17.3. The smallest absolute Gasteiger partial charge is 0.305 e. The predicted octanol–water partition coefficient (Wildman–Crippen LogP) is -0.248. The molecule has 12 nitrogen and oxygen atoms in total. The first-order valence-corrected chi connectivity index (χ1v) is 13.1. The lowest BCUT2D eigenvalue weighted by Gasteiger charge is -2.25. The molecule has 0 spiro atoms. The SMILES string of the molecule is CC(C)NCCCC(=O)[C@H](CCCCN)NC(=O)[C@H](CC(=O)O)NC(=O)CN(C)C(=O)[C@H](C)NC(C)C. The highest BCUT2D eigenvalue weighted by molar-refractivity contribution is 5.95. The van der Waals surface area contributed by atoms with E-state index >= 15 is 0 Å². The molecule has 0 fully saturated rings. The summed E-state index contributed by atoms with van der Waals surface area (Å²) in [6, 6.07) is -2.37. The maximum absolute atomic E-state index is 13.0. The summed E-state index contributed by atoms with van der Waals surface area (Å²) in [5.74, 6) is -3.20. The van der Waals surface area contributed by atoms with E-state index in [0.29, 0.717) is 44.8 Å². The normalized spacial score (nSPS) is 13.6. The minimum absolute atomic E-state index is 0.0665. The number of amides is 3. The number of nitrogens with one attached hydrogen (secondary N) is 4. The number of nitrogens with two attached hydrogens (primary N) is 1. The number of carboxylic acids is 1. The lowest BCUT2D eigenvalue weighted by atomic mass is 10.0. The third kappa shape index (κ3) is 16.0. The maximum Gasteiger partial charge on any atom is 0.305 e. The van der Waals surface area contributed by atoms with Gasteiger partial charge in [-0.3, -0.25) is 24.0 Å². The number of likely N-dealkylation sites (N-methyl/N-ethyl adjacent to an activating group) is 1. The van der Waals surface area contributed by atoms with Crippen LogP contribution in [0, 0.1) is 0 Å². The molecule has 3 atom stereocenters. The summed E-state index contributed by atoms with van der Waals surface area (Å²) < 4.78 is 0. The molecule has 12 heteroatoms. The molecule has 7 N–H and O–H groups in total. The fourth-order valence-electron chi connectivity index (χ4n) is 3.73. The Morgan fingerprint density at radius 3 is 2.08 bits per heavy atom. The summed E-state index contributed by atoms with van der Waals surface area (Å²) in [4.78, 5) is 63.4. The zero-order valence-electron chi connectivity index (χ0n) is 23.3. The number of ketones is 1. The second kappa shape index (κ2) is 18.6. The zero-order chi connectivity index (χ0) is 28.5. The summed E-state index contributed by atoms with van der Waals surface area (Å²) in [5, 5.41) is 20.6. The molecule has 3 amide bonds. The van der Waals surface area contributed by atoms with Crippen LogP contribution in [-0.4, -0.2) is 96.4 Å². The molecule has 0 aliphatic carbocycles. The number of rotatable bonds is 20. The molecule has 0 aromatic carbocycles. The number of carboxylic acid groups (broad SMARTS) is 1. The summed E-state index contributed by atoms with van der Waals surface area (Å²) >= 11 is 0. The van der Waals surface area contributed by atoms with Gasteiger partial charge in [-0.1, -0.05) is 27.7 Å². The molecule has 0 aromatic rings. The van der Waals surface area contributed by atoms with Gasteiger partial charge in [-0.2, -0.15) is 0 Å². The van der Waals surface area contributed by atoms with Gasteiger partial charge in [-0.05, 0) is 45.7 Å². The standard InChI is InChI=1S/C25H48N6O6/c1-16(2)27-13-9-11-21(32)19(10-7-8-12-26)30-24(36)20(14-23(34)35)29-22(33)15-31(6)25(37)18(5)28-17(3)4/h16-20,27-28H,7-15,26H2,1-6H3,(H,29,33)(H,30,36)(H,34,35)/t18-,19-,20-/m0/s1. The lowest BCUT2D eigenvalue weighted by Crippen LogP contribution is -2.54. The molecule has 0 saturated heterocycles. The number of unbranched alkanes of at least 4 members (excludes halogenated alkanes) is 1. The van der Waals surface area contributed by atoms with Crippen molar-refractivity contribution in [3.05, 3.63) is 0 Å². The lowest BCUT2D eigenvalue weighted by molar-refractivity contribution is -0.142. The van der Waals surface area contributed by atoms with Gasteiger partial charge in [-0.15, -0.1) is 0 Å². The highest BCUT2D eigenvalue weighted by Crippen LogP contribution is 2.07. The molecule has 0 aromatic heterocycles. The summed E-state index contributed by atoms with van der Waals surface area (Å²) in [7, 11) is 1.45. The fourth-order valence-corrected chi connectivity index (χ4v) is 3.73. The van der Waals surface area contributed by atoms with Crippen LogP contribution in [0.3, 0.4) is 0 Å². The van der Waals surface area contributed by atoms with Crippen LogP contribution in [0.2, 0.25) is 0 Å². The van der Waals surface area contributed by atoms with Crippen LogP contribution in [0.15, 0.2) is 0 Å². The number of hydrogen-bond donors (Lipinski definition) is 6. The van der Waals surface area contributed by atoms with Gasteiger partial charge in [0.05, 0.1) is 25.0 Å². The second-order valence-electron chi connectivity index (χ2n) is 9.98. The van der Waals surface area contributed by atoms with Crippen molar-refractivity contribution in [3.8, 4) is 0 Å². The van der Waals surface area contributed by atoms with Crippen LogP contribution in [0.25, 0.3) is 0 Å². The molecule has 0 rings (SSSR count). The van der Waals surface area contributed by atoms with Crippen LogP contribution in [0.4, 0.5) is 0 Å². The van der Waals surface area contributed by atoms with E-state index in [4.69, 9.17) is 5.73 Å². The highest BCUT2D eigenvalue weighted by Gasteiger charge is 2.29. The third-order valence-electron chi connectivity index (χ3n) is 5.55. The van der Waals surface area contributed by atoms with Crippen LogP contribution in [-0.2, 0) is 24.0 Å². The Balaban J connectivity index is 5.24. The molecule has 37 heavy (non-hydrogen) atoms. The number of nitrogens with zero attached hydrogens (tertiary/aromatic N) is 1. The van der Waals surface area contributed by atoms with E-state index in [1.807, 2.05) is 27.7 Å². The average molecular weight is 529 g/mol. The van der Waals surface area contributed by atoms with E-state index in [2.05, 4.69) is 21.3 Å². The largest absolute Gasteiger partial charge is 0.481 e. The zero-order valence-corrected chi connectivity index (χ0v) is 23.3. The molecule has 0 saturated carbocycles. The third-order valence-corrected chi connectivity index (χ3v) is 5.55. The Bertz CT molecular complexity index is 745. The first-order chi connectivity index (χ1) is 17.3. The molecule has 0 aliphatic heterocycles. The Morgan fingerprint density at radius 2 is 1.54 bits per heavy atom. The van der Waals surface area contributed by atoms with Crippen molar-refractivity contribution in [2.75, 3.05) is 26.7 Å². The first-order valence-electron chi connectivity index (χ1n) is 13.1. The quantitative estimate of drug-likeness (QED) is 0.116. The average Bonchev–Trinajstić information content (AvgIpc) is 2.79. The molecule has 0 heterocycles. The van der Waals surface area contributed by atoms with Crippen LogP contribution in [0.1, 0.15) is 73.1 Å². The molecule has 0 bridgehead atoms. The van der Waals surface area contributed by atoms with Gasteiger partial charge >= 0.3 is 5.97 Å². The van der Waals surface area contributed by atoms with Gasteiger partial charge in [-0.25, -0.2) is 0 Å². The number of aliphatic carboxylic acids is 1. The van der Waals surface area contributed by atoms with E-state index in [0.717, 1.165) is 0 Å². The monoisotopic (exact) mass is 528 g/mol. The van der Waals surface area contributed by atoms with Gasteiger partial charge in [0.25, 0.3) is 0 Å². The minimum atomic E-state index is -1.40. The summed E-state index contributed by atoms with van der Waals surface area (Å²) in [5.41, 5.74) is 5.55. The van der Waals surface area contributed by atoms with Crippen molar-refractivity contribution in [1.29, 1.82) is 0 Å². The fraction of sp³-hybridized carbons (Fsp3) is 0.800. The van der Waals surface area contributed by atoms with Crippen molar-refractivity contribution in [1.82, 2.24) is 26.2 Å². The van der Waals surface area contributed by atoms with E-state index in [9.17, 15) is 29.1 Å². The van der Waals surface area contributed by atoms with E-state index in [1.54, 1.807) is 6.92 Å². The highest BCUT2D eigenvalue weighted by atomic mass is 16.4. The number of carbonyl (C=O) groups is 5. The van der Waals surface area contributed by atoms with Crippen molar-refractivity contribution < 1.29 is 29.1 Å². The van der Waals surface area contributed by atoms with Gasteiger partial charge < -0.3 is 37.0 Å². The summed E-state index contributed by atoms with van der Waals surface area (Å²) in [6.07, 6.45) is 1.84. The van der Waals surface area contributed by atoms with Crippen molar-refractivity contribution >= 4 is 29.5 Å². The van der Waals surface area contributed by atoms with Crippen molar-refractivity contribution in [3.63, 3.8) is 0 Å². The Morgan fingerprint density at radius 1 is 0.892 bits per heavy atom. The van der Waals surface area contributed by atoms with Gasteiger partial charge in [0, 0.05) is 25.6 Å². The Hall–Kier alpha value is -2.57. The molecule has 214 valence electrons. The van der Waals surface area contributed by atoms with Gasteiger partial charge in [0.1, 0.15) is 6.04 Å². The molecule has 0 radical (unpaired) electrons. The van der Waals surface area contributed by atoms with Crippen LogP contribution < -0.4 is 27.0 Å². The molecule has 0 unspecified atom stereocenters. The van der Waals surface area contributed by atoms with E-state index < -0.39 is 42.3 Å². The van der Waals surface area contributed by atoms with Crippen molar-refractivity contribution in [2.45, 2.75) is 103 Å². The minimum Gasteiger partial charge on any atom is -0.481 e. The van der Waals surface area contributed by atoms with E-state index in [1.165, 1.54) is 11.9 Å².